The van der Waals surface area contributed by atoms with E-state index in [0.29, 0.717) is 11.5 Å². The average molecular weight is 393 g/mol. The summed E-state index contributed by atoms with van der Waals surface area (Å²) in [7, 11) is 0.598. The maximum atomic E-state index is 12.3. The van der Waals surface area contributed by atoms with E-state index < -0.39 is 28.4 Å². The van der Waals surface area contributed by atoms with Crippen LogP contribution in [0.1, 0.15) is 20.7 Å². The van der Waals surface area contributed by atoms with E-state index in [-0.39, 0.29) is 16.0 Å². The molecule has 0 atom stereocenters. The van der Waals surface area contributed by atoms with Crippen LogP contribution >= 0.6 is 0 Å². The Morgan fingerprint density at radius 2 is 1.67 bits per heavy atom. The maximum Gasteiger partial charge on any atom is 0.338 e. The molecule has 2 aromatic carbocycles. The summed E-state index contributed by atoms with van der Waals surface area (Å²) in [4.78, 5) is 24.4. The molecular formula is C18H19NO7S. The summed E-state index contributed by atoms with van der Waals surface area (Å²) in [6.45, 7) is -0.488. The summed E-state index contributed by atoms with van der Waals surface area (Å²) in [6.07, 6.45) is 0. The topological polar surface area (TPSA) is 108 Å². The summed E-state index contributed by atoms with van der Waals surface area (Å²) >= 11 is 0. The number of rotatable bonds is 8. The molecule has 0 aliphatic heterocycles. The molecule has 144 valence electrons. The Morgan fingerprint density at radius 3 is 2.22 bits per heavy atom. The summed E-state index contributed by atoms with van der Waals surface area (Å²) in [6, 6.07) is 9.84. The third-order valence-corrected chi connectivity index (χ3v) is 5.14. The Bertz CT molecular complexity index is 937. The van der Waals surface area contributed by atoms with Crippen molar-refractivity contribution in [1.29, 1.82) is 0 Å². The monoisotopic (exact) mass is 393 g/mol. The van der Waals surface area contributed by atoms with E-state index in [4.69, 9.17) is 14.2 Å². The van der Waals surface area contributed by atoms with Gasteiger partial charge in [-0.25, -0.2) is 17.9 Å². The van der Waals surface area contributed by atoms with Crippen molar-refractivity contribution in [3.63, 3.8) is 0 Å². The predicted molar refractivity (Wildman–Crippen MR) is 96.8 cm³/mol. The van der Waals surface area contributed by atoms with Gasteiger partial charge in [0.1, 0.15) is 11.5 Å². The number of carbonyl (C=O) groups is 2. The smallest absolute Gasteiger partial charge is 0.338 e. The molecule has 0 aromatic heterocycles. The van der Waals surface area contributed by atoms with Gasteiger partial charge in [0, 0.05) is 6.07 Å². The molecular weight excluding hydrogens is 374 g/mol. The SMILES string of the molecule is CNS(=O)(=O)c1ccc(C(=O)OCC(=O)c2ccc(OC)cc2OC)cc1. The zero-order valence-corrected chi connectivity index (χ0v) is 15.8. The molecule has 8 nitrogen and oxygen atoms in total. The molecule has 0 radical (unpaired) electrons. The standard InChI is InChI=1S/C18H19NO7S/c1-19-27(22,23)14-7-4-12(5-8-14)18(21)26-11-16(20)15-9-6-13(24-2)10-17(15)25-3/h4-10,19H,11H2,1-3H3. The predicted octanol–water partition coefficient (Wildman–Crippen LogP) is 1.65. The van der Waals surface area contributed by atoms with Gasteiger partial charge in [-0.15, -0.1) is 0 Å². The van der Waals surface area contributed by atoms with Gasteiger partial charge in [0.25, 0.3) is 0 Å². The summed E-state index contributed by atoms with van der Waals surface area (Å²) in [5.41, 5.74) is 0.376. The molecule has 0 bridgehead atoms. The third-order valence-electron chi connectivity index (χ3n) is 3.71. The quantitative estimate of drug-likeness (QED) is 0.537. The van der Waals surface area contributed by atoms with Crippen LogP contribution in [0.5, 0.6) is 11.5 Å². The van der Waals surface area contributed by atoms with Gasteiger partial charge in [-0.05, 0) is 43.4 Å². The second kappa shape index (κ2) is 8.65. The molecule has 0 fully saturated rings. The molecule has 1 N–H and O–H groups in total. The van der Waals surface area contributed by atoms with Crippen LogP contribution in [0.4, 0.5) is 0 Å². The number of ether oxygens (including phenoxy) is 3. The lowest BCUT2D eigenvalue weighted by Crippen LogP contribution is -2.19. The van der Waals surface area contributed by atoms with Crippen molar-refractivity contribution in [1.82, 2.24) is 4.72 Å². The molecule has 2 rings (SSSR count). The van der Waals surface area contributed by atoms with Crippen LogP contribution in [0.25, 0.3) is 0 Å². The molecule has 0 unspecified atom stereocenters. The highest BCUT2D eigenvalue weighted by molar-refractivity contribution is 7.89. The first-order valence-corrected chi connectivity index (χ1v) is 9.26. The average Bonchev–Trinajstić information content (AvgIpc) is 2.71. The van der Waals surface area contributed by atoms with E-state index in [1.165, 1.54) is 51.6 Å². The third kappa shape index (κ3) is 4.83. The number of ketones is 1. The van der Waals surface area contributed by atoms with Crippen molar-refractivity contribution in [3.05, 3.63) is 53.6 Å². The molecule has 0 saturated carbocycles. The minimum Gasteiger partial charge on any atom is -0.497 e. The van der Waals surface area contributed by atoms with Gasteiger partial charge in [-0.1, -0.05) is 0 Å². The summed E-state index contributed by atoms with van der Waals surface area (Å²) in [5, 5.41) is 0. The lowest BCUT2D eigenvalue weighted by Gasteiger charge is -2.10. The van der Waals surface area contributed by atoms with Crippen LogP contribution in [0.3, 0.4) is 0 Å². The van der Waals surface area contributed by atoms with Crippen LogP contribution < -0.4 is 14.2 Å². The van der Waals surface area contributed by atoms with Gasteiger partial charge in [0.15, 0.2) is 6.61 Å². The first-order valence-electron chi connectivity index (χ1n) is 7.78. The maximum absolute atomic E-state index is 12.3. The van der Waals surface area contributed by atoms with Crippen molar-refractivity contribution < 1.29 is 32.2 Å². The van der Waals surface area contributed by atoms with Gasteiger partial charge in [-0.2, -0.15) is 0 Å². The Morgan fingerprint density at radius 1 is 1.00 bits per heavy atom. The van der Waals surface area contributed by atoms with E-state index in [1.54, 1.807) is 12.1 Å². The number of sulfonamides is 1. The molecule has 0 heterocycles. The van der Waals surface area contributed by atoms with Crippen molar-refractivity contribution >= 4 is 21.8 Å². The first kappa shape index (κ1) is 20.4. The number of hydrogen-bond acceptors (Lipinski definition) is 7. The second-order valence-electron chi connectivity index (χ2n) is 5.30. The van der Waals surface area contributed by atoms with Crippen LogP contribution in [0, 0.1) is 0 Å². The number of methoxy groups -OCH3 is 2. The normalized spacial score (nSPS) is 10.9. The minimum absolute atomic E-state index is 0.0144. The van der Waals surface area contributed by atoms with Crippen molar-refractivity contribution in [3.8, 4) is 11.5 Å². The highest BCUT2D eigenvalue weighted by Crippen LogP contribution is 2.25. The number of hydrogen-bond donors (Lipinski definition) is 1. The second-order valence-corrected chi connectivity index (χ2v) is 7.18. The fraction of sp³-hybridized carbons (Fsp3) is 0.222. The zero-order chi connectivity index (χ0) is 20.0. The van der Waals surface area contributed by atoms with Crippen molar-refractivity contribution in [2.45, 2.75) is 4.90 Å². The first-order chi connectivity index (χ1) is 12.8. The van der Waals surface area contributed by atoms with Crippen molar-refractivity contribution in [2.24, 2.45) is 0 Å². The fourth-order valence-corrected chi connectivity index (χ4v) is 2.94. The summed E-state index contributed by atoms with van der Waals surface area (Å²) in [5.74, 6) is -0.365. The highest BCUT2D eigenvalue weighted by Gasteiger charge is 2.17. The molecule has 0 aliphatic rings. The zero-order valence-electron chi connectivity index (χ0n) is 15.0. The van der Waals surface area contributed by atoms with Crippen LogP contribution in [0.2, 0.25) is 0 Å². The van der Waals surface area contributed by atoms with Gasteiger partial charge >= 0.3 is 5.97 Å². The van der Waals surface area contributed by atoms with E-state index in [0.717, 1.165) is 0 Å². The number of carbonyl (C=O) groups excluding carboxylic acids is 2. The molecule has 0 spiro atoms. The largest absolute Gasteiger partial charge is 0.497 e. The number of esters is 1. The van der Waals surface area contributed by atoms with Gasteiger partial charge in [-0.3, -0.25) is 4.79 Å². The summed E-state index contributed by atoms with van der Waals surface area (Å²) < 4.78 is 40.7. The fourth-order valence-electron chi connectivity index (χ4n) is 2.21. The van der Waals surface area contributed by atoms with E-state index in [9.17, 15) is 18.0 Å². The van der Waals surface area contributed by atoms with Gasteiger partial charge < -0.3 is 14.2 Å². The van der Waals surface area contributed by atoms with Crippen molar-refractivity contribution in [2.75, 3.05) is 27.9 Å². The van der Waals surface area contributed by atoms with Gasteiger partial charge in [0.2, 0.25) is 15.8 Å². The number of benzene rings is 2. The number of nitrogens with one attached hydrogen (secondary N) is 1. The molecule has 2 aromatic rings. The highest BCUT2D eigenvalue weighted by atomic mass is 32.2. The molecule has 27 heavy (non-hydrogen) atoms. The molecule has 0 amide bonds. The van der Waals surface area contributed by atoms with E-state index >= 15 is 0 Å². The Kier molecular flexibility index (Phi) is 6.54. The van der Waals surface area contributed by atoms with Crippen LogP contribution in [0.15, 0.2) is 47.4 Å². The Hall–Kier alpha value is -2.91. The Balaban J connectivity index is 2.06. The molecule has 0 saturated heterocycles. The Labute approximate surface area is 157 Å². The lowest BCUT2D eigenvalue weighted by atomic mass is 10.1. The number of Topliss-reactive ketones (excluding diaryl/α,β-unsaturated/α-hetero) is 1. The van der Waals surface area contributed by atoms with E-state index in [1.807, 2.05) is 0 Å². The molecule has 9 heteroatoms. The lowest BCUT2D eigenvalue weighted by molar-refractivity contribution is 0.0474. The van der Waals surface area contributed by atoms with Crippen LogP contribution in [-0.2, 0) is 14.8 Å². The minimum atomic E-state index is -3.60. The van der Waals surface area contributed by atoms with Crippen LogP contribution in [-0.4, -0.2) is 48.0 Å². The molecule has 0 aliphatic carbocycles. The van der Waals surface area contributed by atoms with Gasteiger partial charge in [0.05, 0.1) is 30.2 Å². The van der Waals surface area contributed by atoms with E-state index in [2.05, 4.69) is 4.72 Å².